The van der Waals surface area contributed by atoms with Crippen molar-refractivity contribution in [2.75, 3.05) is 31.1 Å². The van der Waals surface area contributed by atoms with E-state index in [1.54, 1.807) is 0 Å². The molecule has 3 heterocycles. The summed E-state index contributed by atoms with van der Waals surface area (Å²) in [4.78, 5) is 13.7. The van der Waals surface area contributed by atoms with Gasteiger partial charge in [0, 0.05) is 38.9 Å². The van der Waals surface area contributed by atoms with Crippen LogP contribution < -0.4 is 4.90 Å². The molecule has 4 rings (SSSR count). The van der Waals surface area contributed by atoms with Crippen LogP contribution in [0.1, 0.15) is 11.3 Å². The Hall–Kier alpha value is -2.40. The summed E-state index contributed by atoms with van der Waals surface area (Å²) in [5, 5.41) is 0. The zero-order valence-corrected chi connectivity index (χ0v) is 13.3. The minimum absolute atomic E-state index is 0.736. The van der Waals surface area contributed by atoms with Crippen LogP contribution in [0.2, 0.25) is 0 Å². The largest absolute Gasteiger partial charge is 0.423 e. The van der Waals surface area contributed by atoms with Crippen molar-refractivity contribution in [2.45, 2.75) is 13.5 Å². The molecule has 3 aromatic rings. The Labute approximate surface area is 135 Å². The van der Waals surface area contributed by atoms with Crippen LogP contribution in [0.3, 0.4) is 0 Å². The van der Waals surface area contributed by atoms with Crippen LogP contribution in [0, 0.1) is 6.92 Å². The van der Waals surface area contributed by atoms with E-state index in [-0.39, 0.29) is 0 Å². The van der Waals surface area contributed by atoms with Crippen molar-refractivity contribution < 1.29 is 4.42 Å². The molecule has 5 nitrogen and oxygen atoms in total. The number of rotatable bonds is 3. The summed E-state index contributed by atoms with van der Waals surface area (Å²) in [5.74, 6) is 0. The molecule has 0 unspecified atom stereocenters. The Morgan fingerprint density at radius 1 is 1.04 bits per heavy atom. The summed E-state index contributed by atoms with van der Waals surface area (Å²) in [6.07, 6.45) is 1.87. The second-order valence-corrected chi connectivity index (χ2v) is 5.99. The maximum atomic E-state index is 5.86. The number of aryl methyl sites for hydroxylation is 1. The molecule has 1 saturated heterocycles. The van der Waals surface area contributed by atoms with Crippen molar-refractivity contribution in [2.24, 2.45) is 0 Å². The number of para-hydroxylation sites is 2. The number of oxazole rings is 1. The molecular weight excluding hydrogens is 288 g/mol. The van der Waals surface area contributed by atoms with Crippen LogP contribution >= 0.6 is 0 Å². The van der Waals surface area contributed by atoms with Gasteiger partial charge in [0.25, 0.3) is 6.01 Å². The molecule has 0 spiro atoms. The average Bonchev–Trinajstić information content (AvgIpc) is 3.02. The highest BCUT2D eigenvalue weighted by Crippen LogP contribution is 2.22. The fourth-order valence-electron chi connectivity index (χ4n) is 2.99. The number of anilines is 1. The van der Waals surface area contributed by atoms with Gasteiger partial charge in [-0.1, -0.05) is 18.2 Å². The van der Waals surface area contributed by atoms with E-state index in [1.807, 2.05) is 36.5 Å². The fourth-order valence-corrected chi connectivity index (χ4v) is 2.99. The van der Waals surface area contributed by atoms with Crippen molar-refractivity contribution in [1.29, 1.82) is 0 Å². The smallest absolute Gasteiger partial charge is 0.298 e. The van der Waals surface area contributed by atoms with E-state index in [9.17, 15) is 0 Å². The number of fused-ring (bicyclic) bond motifs is 1. The van der Waals surface area contributed by atoms with Crippen LogP contribution in [0.4, 0.5) is 6.01 Å². The lowest BCUT2D eigenvalue weighted by atomic mass is 10.2. The Kier molecular flexibility index (Phi) is 3.71. The molecule has 0 N–H and O–H groups in total. The van der Waals surface area contributed by atoms with Gasteiger partial charge in [0.15, 0.2) is 5.58 Å². The molecule has 1 aliphatic rings. The predicted octanol–water partition coefficient (Wildman–Crippen LogP) is 2.85. The van der Waals surface area contributed by atoms with Gasteiger partial charge in [0.1, 0.15) is 5.52 Å². The number of hydrogen-bond donors (Lipinski definition) is 0. The summed E-state index contributed by atoms with van der Waals surface area (Å²) >= 11 is 0. The molecule has 1 aromatic carbocycles. The number of pyridine rings is 1. The van der Waals surface area contributed by atoms with E-state index in [4.69, 9.17) is 4.42 Å². The van der Waals surface area contributed by atoms with Gasteiger partial charge in [-0.25, -0.2) is 0 Å². The minimum atomic E-state index is 0.736. The normalized spacial score (nSPS) is 16.1. The predicted molar refractivity (Wildman–Crippen MR) is 90.5 cm³/mol. The summed E-state index contributed by atoms with van der Waals surface area (Å²) in [7, 11) is 0. The van der Waals surface area contributed by atoms with Crippen LogP contribution in [-0.2, 0) is 6.54 Å². The highest BCUT2D eigenvalue weighted by Gasteiger charge is 2.21. The third-order valence-corrected chi connectivity index (χ3v) is 4.42. The lowest BCUT2D eigenvalue weighted by Gasteiger charge is -2.33. The van der Waals surface area contributed by atoms with Crippen molar-refractivity contribution in [1.82, 2.24) is 14.9 Å². The Morgan fingerprint density at radius 2 is 1.87 bits per heavy atom. The average molecular weight is 308 g/mol. The number of benzene rings is 1. The monoisotopic (exact) mass is 308 g/mol. The van der Waals surface area contributed by atoms with Gasteiger partial charge in [-0.2, -0.15) is 4.98 Å². The van der Waals surface area contributed by atoms with Crippen LogP contribution in [0.25, 0.3) is 11.1 Å². The number of hydrogen-bond acceptors (Lipinski definition) is 5. The van der Waals surface area contributed by atoms with Crippen molar-refractivity contribution in [3.05, 3.63) is 53.9 Å². The van der Waals surface area contributed by atoms with Crippen LogP contribution in [-0.4, -0.2) is 41.0 Å². The first-order valence-electron chi connectivity index (χ1n) is 8.03. The third kappa shape index (κ3) is 2.92. The van der Waals surface area contributed by atoms with E-state index in [1.165, 1.54) is 11.3 Å². The maximum Gasteiger partial charge on any atom is 0.298 e. The molecule has 0 amide bonds. The van der Waals surface area contributed by atoms with Gasteiger partial charge in [-0.3, -0.25) is 9.88 Å². The molecule has 0 aliphatic carbocycles. The van der Waals surface area contributed by atoms with Gasteiger partial charge in [-0.05, 0) is 30.7 Å². The summed E-state index contributed by atoms with van der Waals surface area (Å²) in [6, 6.07) is 12.8. The third-order valence-electron chi connectivity index (χ3n) is 4.42. The fraction of sp³-hybridized carbons (Fsp3) is 0.333. The van der Waals surface area contributed by atoms with E-state index in [2.05, 4.69) is 32.8 Å². The topological polar surface area (TPSA) is 45.4 Å². The number of piperazine rings is 1. The Morgan fingerprint density at radius 3 is 2.65 bits per heavy atom. The zero-order valence-electron chi connectivity index (χ0n) is 13.3. The molecule has 2 aromatic heterocycles. The van der Waals surface area contributed by atoms with E-state index < -0.39 is 0 Å². The van der Waals surface area contributed by atoms with Gasteiger partial charge in [-0.15, -0.1) is 0 Å². The minimum Gasteiger partial charge on any atom is -0.423 e. The second kappa shape index (κ2) is 6.01. The lowest BCUT2D eigenvalue weighted by molar-refractivity contribution is 0.242. The molecule has 0 bridgehead atoms. The van der Waals surface area contributed by atoms with Gasteiger partial charge < -0.3 is 9.32 Å². The van der Waals surface area contributed by atoms with E-state index in [0.29, 0.717) is 0 Å². The first kappa shape index (κ1) is 14.2. The molecule has 0 radical (unpaired) electrons. The van der Waals surface area contributed by atoms with E-state index >= 15 is 0 Å². The summed E-state index contributed by atoms with van der Waals surface area (Å²) < 4.78 is 5.86. The standard InChI is InChI=1S/C18H20N4O/c1-14-5-4-8-19-16(14)13-21-9-11-22(12-10-21)18-20-15-6-2-3-7-17(15)23-18/h2-8H,9-13H2,1H3. The summed E-state index contributed by atoms with van der Waals surface area (Å²) in [5.41, 5.74) is 4.21. The van der Waals surface area contributed by atoms with Crippen molar-refractivity contribution in [3.8, 4) is 0 Å². The zero-order chi connectivity index (χ0) is 15.6. The Balaban J connectivity index is 1.41. The number of nitrogens with zero attached hydrogens (tertiary/aromatic N) is 4. The SMILES string of the molecule is Cc1cccnc1CN1CCN(c2nc3ccccc3o2)CC1. The van der Waals surface area contributed by atoms with Crippen molar-refractivity contribution in [3.63, 3.8) is 0 Å². The first-order chi connectivity index (χ1) is 11.3. The molecule has 0 atom stereocenters. The van der Waals surface area contributed by atoms with Gasteiger partial charge >= 0.3 is 0 Å². The maximum absolute atomic E-state index is 5.86. The van der Waals surface area contributed by atoms with E-state index in [0.717, 1.165) is 49.8 Å². The Bertz CT molecular complexity index is 772. The van der Waals surface area contributed by atoms with Gasteiger partial charge in [0.05, 0.1) is 5.69 Å². The van der Waals surface area contributed by atoms with Crippen LogP contribution in [0.5, 0.6) is 0 Å². The summed E-state index contributed by atoms with van der Waals surface area (Å²) in [6.45, 7) is 6.88. The highest BCUT2D eigenvalue weighted by atomic mass is 16.4. The molecular formula is C18H20N4O. The molecule has 5 heteroatoms. The molecule has 0 saturated carbocycles. The molecule has 23 heavy (non-hydrogen) atoms. The molecule has 118 valence electrons. The molecule has 1 fully saturated rings. The second-order valence-electron chi connectivity index (χ2n) is 5.99. The first-order valence-corrected chi connectivity index (χ1v) is 8.03. The van der Waals surface area contributed by atoms with Gasteiger partial charge in [0.2, 0.25) is 0 Å². The number of aromatic nitrogens is 2. The highest BCUT2D eigenvalue weighted by molar-refractivity contribution is 5.74. The van der Waals surface area contributed by atoms with Crippen molar-refractivity contribution >= 4 is 17.1 Å². The molecule has 1 aliphatic heterocycles. The quantitative estimate of drug-likeness (QED) is 0.744. The lowest BCUT2D eigenvalue weighted by Crippen LogP contribution is -2.46. The van der Waals surface area contributed by atoms with Crippen LogP contribution in [0.15, 0.2) is 47.0 Å².